The van der Waals surface area contributed by atoms with Crippen molar-refractivity contribution in [1.29, 1.82) is 0 Å². The Kier molecular flexibility index (Phi) is 7.15. The summed E-state index contributed by atoms with van der Waals surface area (Å²) >= 11 is 7.62. The van der Waals surface area contributed by atoms with Crippen LogP contribution in [0.1, 0.15) is 11.1 Å². The molecule has 1 heterocycles. The van der Waals surface area contributed by atoms with E-state index in [1.807, 2.05) is 54.6 Å². The number of aromatic nitrogens is 1. The van der Waals surface area contributed by atoms with Crippen molar-refractivity contribution in [3.8, 4) is 0 Å². The lowest BCUT2D eigenvalue weighted by molar-refractivity contribution is 0.602. The number of benzene rings is 3. The number of halogens is 1. The standard InChI is InChI=1S/C25H21ClN2O2S2/c26-22-12-10-19(11-13-22)5-4-16-31-18-21-6-1-2-8-24(21)28-32(29,30)25-9-3-7-20-17-27-15-14-23(20)25/h1-15,17,28H,16,18H2. The molecule has 3 aromatic carbocycles. The zero-order chi connectivity index (χ0) is 22.4. The molecular formula is C25H21ClN2O2S2. The van der Waals surface area contributed by atoms with Crippen LogP contribution in [0.4, 0.5) is 5.69 Å². The van der Waals surface area contributed by atoms with Gasteiger partial charge in [0.05, 0.1) is 10.6 Å². The number of nitrogens with zero attached hydrogens (tertiary/aromatic N) is 1. The van der Waals surface area contributed by atoms with Crippen molar-refractivity contribution in [2.24, 2.45) is 0 Å². The third-order valence-corrected chi connectivity index (χ3v) is 7.46. The number of hydrogen-bond donors (Lipinski definition) is 1. The van der Waals surface area contributed by atoms with Gasteiger partial charge in [0.1, 0.15) is 0 Å². The van der Waals surface area contributed by atoms with Crippen LogP contribution in [0.3, 0.4) is 0 Å². The quantitative estimate of drug-likeness (QED) is 0.287. The Balaban J connectivity index is 1.45. The van der Waals surface area contributed by atoms with Crippen molar-refractivity contribution in [3.05, 3.63) is 107 Å². The van der Waals surface area contributed by atoms with Gasteiger partial charge >= 0.3 is 0 Å². The number of anilines is 1. The molecule has 0 saturated carbocycles. The Morgan fingerprint density at radius 2 is 1.78 bits per heavy atom. The lowest BCUT2D eigenvalue weighted by Gasteiger charge is -2.13. The predicted molar refractivity (Wildman–Crippen MR) is 136 cm³/mol. The lowest BCUT2D eigenvalue weighted by Crippen LogP contribution is -2.14. The minimum atomic E-state index is -3.75. The summed E-state index contributed by atoms with van der Waals surface area (Å²) in [5.74, 6) is 1.49. The summed E-state index contributed by atoms with van der Waals surface area (Å²) in [6.07, 6.45) is 7.40. The molecule has 0 spiro atoms. The van der Waals surface area contributed by atoms with E-state index in [4.69, 9.17) is 11.6 Å². The van der Waals surface area contributed by atoms with E-state index in [0.717, 1.165) is 27.3 Å². The molecule has 32 heavy (non-hydrogen) atoms. The van der Waals surface area contributed by atoms with E-state index < -0.39 is 10.0 Å². The van der Waals surface area contributed by atoms with Crippen molar-refractivity contribution in [2.75, 3.05) is 10.5 Å². The summed E-state index contributed by atoms with van der Waals surface area (Å²) in [5.41, 5.74) is 2.61. The number of rotatable bonds is 8. The molecule has 0 radical (unpaired) electrons. The molecule has 0 atom stereocenters. The van der Waals surface area contributed by atoms with Gasteiger partial charge in [0.25, 0.3) is 10.0 Å². The summed E-state index contributed by atoms with van der Waals surface area (Å²) < 4.78 is 29.1. The summed E-state index contributed by atoms with van der Waals surface area (Å²) in [6.45, 7) is 0. The van der Waals surface area contributed by atoms with Crippen molar-refractivity contribution >= 4 is 55.9 Å². The number of hydrogen-bond acceptors (Lipinski definition) is 4. The third-order valence-electron chi connectivity index (χ3n) is 4.84. The maximum absolute atomic E-state index is 13.2. The Morgan fingerprint density at radius 1 is 0.969 bits per heavy atom. The van der Waals surface area contributed by atoms with E-state index in [1.54, 1.807) is 48.4 Å². The molecule has 0 aliphatic rings. The fraction of sp³-hybridized carbons (Fsp3) is 0.0800. The fourth-order valence-corrected chi connectivity index (χ4v) is 5.55. The Hall–Kier alpha value is -2.80. The van der Waals surface area contributed by atoms with E-state index in [-0.39, 0.29) is 4.90 Å². The molecule has 0 aliphatic carbocycles. The zero-order valence-electron chi connectivity index (χ0n) is 17.1. The highest BCUT2D eigenvalue weighted by Gasteiger charge is 2.18. The molecule has 1 N–H and O–H groups in total. The van der Waals surface area contributed by atoms with E-state index in [9.17, 15) is 8.42 Å². The highest BCUT2D eigenvalue weighted by atomic mass is 35.5. The van der Waals surface area contributed by atoms with Gasteiger partial charge in [-0.1, -0.05) is 66.2 Å². The average molecular weight is 481 g/mol. The maximum atomic E-state index is 13.2. The van der Waals surface area contributed by atoms with E-state index in [0.29, 0.717) is 16.8 Å². The van der Waals surface area contributed by atoms with Gasteiger partial charge in [-0.2, -0.15) is 11.8 Å². The largest absolute Gasteiger partial charge is 0.279 e. The van der Waals surface area contributed by atoms with Crippen molar-refractivity contribution in [3.63, 3.8) is 0 Å². The van der Waals surface area contributed by atoms with Gasteiger partial charge in [-0.15, -0.1) is 0 Å². The van der Waals surface area contributed by atoms with Crippen LogP contribution in [0, 0.1) is 0 Å². The normalized spacial score (nSPS) is 11.8. The van der Waals surface area contributed by atoms with Gasteiger partial charge in [0.15, 0.2) is 0 Å². The van der Waals surface area contributed by atoms with Crippen LogP contribution in [0.2, 0.25) is 5.02 Å². The van der Waals surface area contributed by atoms with Gasteiger partial charge in [-0.3, -0.25) is 9.71 Å². The molecule has 1 aromatic heterocycles. The predicted octanol–water partition coefficient (Wildman–Crippen LogP) is 6.64. The highest BCUT2D eigenvalue weighted by Crippen LogP contribution is 2.27. The van der Waals surface area contributed by atoms with Crippen molar-refractivity contribution in [2.45, 2.75) is 10.6 Å². The topological polar surface area (TPSA) is 59.1 Å². The molecule has 7 heteroatoms. The van der Waals surface area contributed by atoms with Crippen LogP contribution in [0.25, 0.3) is 16.8 Å². The number of fused-ring (bicyclic) bond motifs is 1. The summed E-state index contributed by atoms with van der Waals surface area (Å²) in [7, 11) is -3.75. The number of sulfonamides is 1. The summed E-state index contributed by atoms with van der Waals surface area (Å²) in [6, 6.07) is 22.1. The third kappa shape index (κ3) is 5.51. The first-order valence-corrected chi connectivity index (χ1v) is 13.0. The second kappa shape index (κ2) is 10.2. The summed E-state index contributed by atoms with van der Waals surface area (Å²) in [4.78, 5) is 4.32. The van der Waals surface area contributed by atoms with Crippen molar-refractivity contribution < 1.29 is 8.42 Å². The first-order chi connectivity index (χ1) is 15.5. The van der Waals surface area contributed by atoms with Crippen LogP contribution in [-0.2, 0) is 15.8 Å². The minimum absolute atomic E-state index is 0.241. The molecule has 0 amide bonds. The van der Waals surface area contributed by atoms with Crippen LogP contribution < -0.4 is 4.72 Å². The first kappa shape index (κ1) is 22.4. The van der Waals surface area contributed by atoms with E-state index in [2.05, 4.69) is 15.8 Å². The van der Waals surface area contributed by atoms with Gasteiger partial charge in [-0.05, 0) is 41.5 Å². The van der Waals surface area contributed by atoms with Crippen LogP contribution in [0.5, 0.6) is 0 Å². The maximum Gasteiger partial charge on any atom is 0.262 e. The Morgan fingerprint density at radius 3 is 2.62 bits per heavy atom. The van der Waals surface area contributed by atoms with Gasteiger partial charge in [-0.25, -0.2) is 8.42 Å². The monoisotopic (exact) mass is 480 g/mol. The van der Waals surface area contributed by atoms with Gasteiger partial charge in [0, 0.05) is 39.7 Å². The molecular weight excluding hydrogens is 460 g/mol. The number of para-hydroxylation sites is 1. The van der Waals surface area contributed by atoms with Crippen LogP contribution >= 0.6 is 23.4 Å². The molecule has 0 fully saturated rings. The highest BCUT2D eigenvalue weighted by molar-refractivity contribution is 7.98. The summed E-state index contributed by atoms with van der Waals surface area (Å²) in [5, 5.41) is 2.15. The molecule has 4 nitrogen and oxygen atoms in total. The first-order valence-electron chi connectivity index (χ1n) is 9.96. The molecule has 0 unspecified atom stereocenters. The van der Waals surface area contributed by atoms with E-state index >= 15 is 0 Å². The number of pyridine rings is 1. The number of nitrogens with one attached hydrogen (secondary N) is 1. The lowest BCUT2D eigenvalue weighted by atomic mass is 10.2. The Bertz CT molecular complexity index is 1350. The van der Waals surface area contributed by atoms with E-state index in [1.165, 1.54) is 0 Å². The SMILES string of the molecule is O=S(=O)(Nc1ccccc1CSCC=Cc1ccc(Cl)cc1)c1cccc2cnccc12. The number of thioether (sulfide) groups is 1. The zero-order valence-corrected chi connectivity index (χ0v) is 19.5. The van der Waals surface area contributed by atoms with Crippen LogP contribution in [0.15, 0.2) is 96.2 Å². The second-order valence-electron chi connectivity index (χ2n) is 7.08. The fourth-order valence-electron chi connectivity index (χ4n) is 3.27. The second-order valence-corrected chi connectivity index (χ2v) is 10.2. The molecule has 162 valence electrons. The van der Waals surface area contributed by atoms with Gasteiger partial charge in [0.2, 0.25) is 0 Å². The Labute approximate surface area is 197 Å². The minimum Gasteiger partial charge on any atom is -0.279 e. The van der Waals surface area contributed by atoms with Gasteiger partial charge < -0.3 is 0 Å². The van der Waals surface area contributed by atoms with Crippen LogP contribution in [-0.4, -0.2) is 19.2 Å². The molecule has 0 bridgehead atoms. The molecule has 0 aliphatic heterocycles. The molecule has 4 rings (SSSR count). The average Bonchev–Trinajstić information content (AvgIpc) is 2.80. The molecule has 0 saturated heterocycles. The van der Waals surface area contributed by atoms with Crippen molar-refractivity contribution in [1.82, 2.24) is 4.98 Å². The smallest absolute Gasteiger partial charge is 0.262 e. The molecule has 4 aromatic rings.